The van der Waals surface area contributed by atoms with Crippen molar-refractivity contribution in [2.75, 3.05) is 19.8 Å². The average Bonchev–Trinajstić information content (AvgIpc) is 2.87. The number of hydrogen-bond donors (Lipinski definition) is 0. The molecule has 0 spiro atoms. The van der Waals surface area contributed by atoms with Gasteiger partial charge in [-0.1, -0.05) is 66.7 Å². The standard InChI is InChI=1S/C30H30O4/c1-3-32-29(30(31)33-4-2)20-22-15-17-25(18-16-22)34-19-9-11-24-21-23-10-5-6-12-26(23)28-14-8-7-13-27(24)28/h5-18,21,29H,3-4,19-20H2,1-2H3. The lowest BCUT2D eigenvalue weighted by Crippen LogP contribution is -2.28. The van der Waals surface area contributed by atoms with Crippen LogP contribution in [-0.4, -0.2) is 31.9 Å². The average molecular weight is 455 g/mol. The highest BCUT2D eigenvalue weighted by Gasteiger charge is 2.20. The van der Waals surface area contributed by atoms with Gasteiger partial charge in [0.25, 0.3) is 0 Å². The molecule has 0 aliphatic heterocycles. The number of carbonyl (C=O) groups is 1. The summed E-state index contributed by atoms with van der Waals surface area (Å²) in [5, 5.41) is 4.98. The molecule has 1 unspecified atom stereocenters. The number of esters is 1. The van der Waals surface area contributed by atoms with Crippen molar-refractivity contribution in [2.24, 2.45) is 0 Å². The Morgan fingerprint density at radius 1 is 0.853 bits per heavy atom. The van der Waals surface area contributed by atoms with Crippen LogP contribution in [0.25, 0.3) is 27.6 Å². The van der Waals surface area contributed by atoms with E-state index in [9.17, 15) is 4.79 Å². The van der Waals surface area contributed by atoms with Crippen LogP contribution in [0, 0.1) is 0 Å². The Kier molecular flexibility index (Phi) is 7.95. The van der Waals surface area contributed by atoms with Crippen LogP contribution in [0.2, 0.25) is 0 Å². The minimum Gasteiger partial charge on any atom is -0.490 e. The zero-order chi connectivity index (χ0) is 23.8. The Labute approximate surface area is 200 Å². The molecule has 4 nitrogen and oxygen atoms in total. The van der Waals surface area contributed by atoms with Gasteiger partial charge in [-0.25, -0.2) is 4.79 Å². The summed E-state index contributed by atoms with van der Waals surface area (Å²) in [6, 6.07) is 26.9. The van der Waals surface area contributed by atoms with Gasteiger partial charge in [-0.3, -0.25) is 0 Å². The predicted octanol–water partition coefficient (Wildman–Crippen LogP) is 6.60. The number of rotatable bonds is 10. The molecule has 0 N–H and O–H groups in total. The van der Waals surface area contributed by atoms with Crippen molar-refractivity contribution in [2.45, 2.75) is 26.4 Å². The fourth-order valence-electron chi connectivity index (χ4n) is 4.12. The van der Waals surface area contributed by atoms with Crippen molar-refractivity contribution in [3.05, 3.63) is 96.1 Å². The van der Waals surface area contributed by atoms with Crippen LogP contribution < -0.4 is 4.74 Å². The first kappa shape index (κ1) is 23.5. The van der Waals surface area contributed by atoms with Crippen LogP contribution >= 0.6 is 0 Å². The van der Waals surface area contributed by atoms with Gasteiger partial charge >= 0.3 is 5.97 Å². The van der Waals surface area contributed by atoms with Gasteiger partial charge in [0.1, 0.15) is 12.4 Å². The normalized spacial score (nSPS) is 12.3. The van der Waals surface area contributed by atoms with Crippen LogP contribution in [0.4, 0.5) is 0 Å². The first-order valence-corrected chi connectivity index (χ1v) is 11.8. The van der Waals surface area contributed by atoms with Gasteiger partial charge in [-0.15, -0.1) is 0 Å². The molecule has 0 saturated carbocycles. The van der Waals surface area contributed by atoms with Gasteiger partial charge in [0, 0.05) is 13.0 Å². The van der Waals surface area contributed by atoms with E-state index in [1.54, 1.807) is 6.92 Å². The topological polar surface area (TPSA) is 44.8 Å². The van der Waals surface area contributed by atoms with E-state index in [0.717, 1.165) is 11.3 Å². The van der Waals surface area contributed by atoms with E-state index >= 15 is 0 Å². The van der Waals surface area contributed by atoms with Crippen molar-refractivity contribution < 1.29 is 19.0 Å². The Hall–Kier alpha value is -3.63. The molecule has 34 heavy (non-hydrogen) atoms. The molecule has 0 amide bonds. The molecule has 4 aromatic carbocycles. The molecule has 4 rings (SSSR count). The molecule has 0 radical (unpaired) electrons. The van der Waals surface area contributed by atoms with Gasteiger partial charge in [-0.05, 0) is 70.8 Å². The van der Waals surface area contributed by atoms with E-state index in [1.807, 2.05) is 37.3 Å². The largest absolute Gasteiger partial charge is 0.490 e. The summed E-state index contributed by atoms with van der Waals surface area (Å²) < 4.78 is 16.6. The lowest BCUT2D eigenvalue weighted by atomic mass is 9.97. The molecule has 0 aromatic heterocycles. The zero-order valence-corrected chi connectivity index (χ0v) is 19.7. The number of ether oxygens (including phenoxy) is 3. The maximum Gasteiger partial charge on any atom is 0.335 e. The Morgan fingerprint density at radius 2 is 1.56 bits per heavy atom. The second-order valence-electron chi connectivity index (χ2n) is 7.99. The van der Waals surface area contributed by atoms with E-state index in [0.29, 0.717) is 26.2 Å². The molecule has 0 saturated heterocycles. The number of hydrogen-bond acceptors (Lipinski definition) is 4. The smallest absolute Gasteiger partial charge is 0.335 e. The molecule has 174 valence electrons. The molecule has 0 bridgehead atoms. The highest BCUT2D eigenvalue weighted by molar-refractivity contribution is 6.10. The number of carbonyl (C=O) groups excluding carboxylic acids is 1. The fourth-order valence-corrected chi connectivity index (χ4v) is 4.12. The maximum atomic E-state index is 12.1. The van der Waals surface area contributed by atoms with E-state index in [2.05, 4.69) is 60.7 Å². The summed E-state index contributed by atoms with van der Waals surface area (Å²) >= 11 is 0. The van der Waals surface area contributed by atoms with Crippen LogP contribution in [0.3, 0.4) is 0 Å². The van der Waals surface area contributed by atoms with Crippen molar-refractivity contribution in [3.63, 3.8) is 0 Å². The molecule has 0 heterocycles. The van der Waals surface area contributed by atoms with Crippen LogP contribution in [0.15, 0.2) is 84.9 Å². The number of fused-ring (bicyclic) bond motifs is 3. The van der Waals surface area contributed by atoms with Gasteiger partial charge in [0.2, 0.25) is 0 Å². The molecule has 4 aromatic rings. The van der Waals surface area contributed by atoms with E-state index < -0.39 is 6.10 Å². The van der Waals surface area contributed by atoms with Crippen molar-refractivity contribution in [3.8, 4) is 5.75 Å². The predicted molar refractivity (Wildman–Crippen MR) is 138 cm³/mol. The van der Waals surface area contributed by atoms with E-state index in [1.165, 1.54) is 27.1 Å². The van der Waals surface area contributed by atoms with Crippen LogP contribution in [0.1, 0.15) is 25.0 Å². The third kappa shape index (κ3) is 5.64. The zero-order valence-electron chi connectivity index (χ0n) is 19.7. The highest BCUT2D eigenvalue weighted by atomic mass is 16.6. The van der Waals surface area contributed by atoms with Crippen molar-refractivity contribution in [1.29, 1.82) is 0 Å². The van der Waals surface area contributed by atoms with Crippen LogP contribution in [0.5, 0.6) is 5.75 Å². The maximum absolute atomic E-state index is 12.1. The van der Waals surface area contributed by atoms with Gasteiger partial charge in [0.15, 0.2) is 6.10 Å². The van der Waals surface area contributed by atoms with Crippen molar-refractivity contribution >= 4 is 33.6 Å². The Morgan fingerprint density at radius 3 is 2.29 bits per heavy atom. The Balaban J connectivity index is 1.40. The first-order chi connectivity index (χ1) is 16.7. The second-order valence-corrected chi connectivity index (χ2v) is 7.99. The third-order valence-electron chi connectivity index (χ3n) is 5.71. The molecule has 0 aliphatic rings. The van der Waals surface area contributed by atoms with E-state index in [4.69, 9.17) is 14.2 Å². The minimum absolute atomic E-state index is 0.323. The fraction of sp³-hybridized carbons (Fsp3) is 0.233. The quantitative estimate of drug-likeness (QED) is 0.200. The molecular weight excluding hydrogens is 424 g/mol. The molecule has 1 atom stereocenters. The summed E-state index contributed by atoms with van der Waals surface area (Å²) in [6.07, 6.45) is 4.05. The summed E-state index contributed by atoms with van der Waals surface area (Å²) in [5.41, 5.74) is 2.17. The second kappa shape index (κ2) is 11.5. The molecule has 0 aliphatic carbocycles. The molecule has 0 fully saturated rings. The van der Waals surface area contributed by atoms with E-state index in [-0.39, 0.29) is 5.97 Å². The molecule has 4 heteroatoms. The third-order valence-corrected chi connectivity index (χ3v) is 5.71. The summed E-state index contributed by atoms with van der Waals surface area (Å²) in [5.74, 6) is 0.455. The summed E-state index contributed by atoms with van der Waals surface area (Å²) in [4.78, 5) is 12.1. The van der Waals surface area contributed by atoms with Gasteiger partial charge in [-0.2, -0.15) is 0 Å². The lowest BCUT2D eigenvalue weighted by molar-refractivity contribution is -0.156. The van der Waals surface area contributed by atoms with Gasteiger partial charge < -0.3 is 14.2 Å². The minimum atomic E-state index is -0.587. The summed E-state index contributed by atoms with van der Waals surface area (Å²) in [7, 11) is 0. The van der Waals surface area contributed by atoms with Gasteiger partial charge in [0.05, 0.1) is 6.61 Å². The number of benzene rings is 4. The van der Waals surface area contributed by atoms with Crippen molar-refractivity contribution in [1.82, 2.24) is 0 Å². The van der Waals surface area contributed by atoms with Crippen LogP contribution in [-0.2, 0) is 20.7 Å². The lowest BCUT2D eigenvalue weighted by Gasteiger charge is -2.15. The molecular formula is C30H30O4. The SMILES string of the molecule is CCOC(=O)C(Cc1ccc(OCC=Cc2cc3ccccc3c3ccccc23)cc1)OCC. The first-order valence-electron chi connectivity index (χ1n) is 11.8. The summed E-state index contributed by atoms with van der Waals surface area (Å²) in [6.45, 7) is 4.94. The highest BCUT2D eigenvalue weighted by Crippen LogP contribution is 2.29. The monoisotopic (exact) mass is 454 g/mol. The Bertz CT molecular complexity index is 1270.